The van der Waals surface area contributed by atoms with Crippen LogP contribution in [0.5, 0.6) is 0 Å². The molecule has 0 spiro atoms. The van der Waals surface area contributed by atoms with Gasteiger partial charge >= 0.3 is 6.09 Å². The Kier molecular flexibility index (Phi) is 8.73. The van der Waals surface area contributed by atoms with Gasteiger partial charge in [0.1, 0.15) is 0 Å². The average molecular weight is 516 g/mol. The molecule has 0 unspecified atom stereocenters. The van der Waals surface area contributed by atoms with Crippen LogP contribution >= 0.6 is 24.0 Å². The number of anilines is 1. The minimum Gasteiger partial charge on any atom is -0.448 e. The molecule has 10 heteroatoms. The highest BCUT2D eigenvalue weighted by Gasteiger charge is 2.24. The number of piperidine rings is 1. The van der Waals surface area contributed by atoms with Crippen LogP contribution in [-0.2, 0) is 9.53 Å². The number of carbonyl (C=O) groups excluding carboxylic acids is 2. The van der Waals surface area contributed by atoms with Gasteiger partial charge in [0.05, 0.1) is 29.7 Å². The van der Waals surface area contributed by atoms with E-state index in [4.69, 9.17) is 16.3 Å². The third-order valence-corrected chi connectivity index (χ3v) is 6.04. The second kappa shape index (κ2) is 11.5. The fourth-order valence-corrected chi connectivity index (χ4v) is 4.15. The standard InChI is InChI=1S/C25H26ClN5O3.ClH/c1-15(2)14-34-25(33)31-22-8-6-17(19-10-16(12-27)5-7-21(19)26)11-20(22)23(30-31)29-24(32)18-4-3-9-28-13-18;/h5-8,10-11,15,18,28H,3-4,9,13-14H2,1-2H3,(H,29,30,32);1H/t18-;/m1./s1. The number of carbonyl (C=O) groups is 2. The number of amides is 1. The Morgan fingerprint density at radius 3 is 2.80 bits per heavy atom. The van der Waals surface area contributed by atoms with Gasteiger partial charge in [-0.25, -0.2) is 4.79 Å². The first-order valence-electron chi connectivity index (χ1n) is 11.3. The van der Waals surface area contributed by atoms with E-state index in [0.717, 1.165) is 24.9 Å². The normalized spacial score (nSPS) is 15.3. The number of hydrogen-bond donors (Lipinski definition) is 2. The summed E-state index contributed by atoms with van der Waals surface area (Å²) >= 11 is 6.41. The van der Waals surface area contributed by atoms with Crippen molar-refractivity contribution in [3.63, 3.8) is 0 Å². The number of nitrogens with zero attached hydrogens (tertiary/aromatic N) is 3. The number of fused-ring (bicyclic) bond motifs is 1. The van der Waals surface area contributed by atoms with E-state index in [9.17, 15) is 14.9 Å². The summed E-state index contributed by atoms with van der Waals surface area (Å²) in [5.41, 5.74) is 2.39. The predicted molar refractivity (Wildman–Crippen MR) is 138 cm³/mol. The van der Waals surface area contributed by atoms with Crippen LogP contribution in [0.15, 0.2) is 36.4 Å². The molecule has 4 rings (SSSR count). The molecule has 0 aliphatic carbocycles. The minimum absolute atomic E-state index is 0. The van der Waals surface area contributed by atoms with Gasteiger partial charge in [0, 0.05) is 22.5 Å². The van der Waals surface area contributed by atoms with E-state index in [1.54, 1.807) is 30.3 Å². The Bertz CT molecular complexity index is 1280. The molecule has 1 aromatic heterocycles. The van der Waals surface area contributed by atoms with Crippen LogP contribution < -0.4 is 10.6 Å². The van der Waals surface area contributed by atoms with Gasteiger partial charge in [-0.1, -0.05) is 31.5 Å². The van der Waals surface area contributed by atoms with Crippen LogP contribution in [0, 0.1) is 23.2 Å². The molecule has 0 bridgehead atoms. The fourth-order valence-electron chi connectivity index (χ4n) is 3.93. The van der Waals surface area contributed by atoms with Crippen LogP contribution in [0.3, 0.4) is 0 Å². The van der Waals surface area contributed by atoms with Crippen molar-refractivity contribution in [1.29, 1.82) is 5.26 Å². The van der Waals surface area contributed by atoms with Gasteiger partial charge in [0.2, 0.25) is 5.91 Å². The molecule has 1 atom stereocenters. The Hall–Kier alpha value is -3.12. The number of halogens is 2. The summed E-state index contributed by atoms with van der Waals surface area (Å²) in [5.74, 6) is 0.127. The van der Waals surface area contributed by atoms with Gasteiger partial charge < -0.3 is 15.4 Å². The molecular weight excluding hydrogens is 489 g/mol. The van der Waals surface area contributed by atoms with Gasteiger partial charge in [-0.05, 0) is 61.2 Å². The first-order valence-corrected chi connectivity index (χ1v) is 11.7. The highest BCUT2D eigenvalue weighted by molar-refractivity contribution is 6.33. The van der Waals surface area contributed by atoms with Crippen LogP contribution in [0.1, 0.15) is 32.3 Å². The summed E-state index contributed by atoms with van der Waals surface area (Å²) in [7, 11) is 0. The zero-order valence-electron chi connectivity index (χ0n) is 19.5. The monoisotopic (exact) mass is 515 g/mol. The lowest BCUT2D eigenvalue weighted by molar-refractivity contribution is -0.120. The number of nitriles is 1. The van der Waals surface area contributed by atoms with E-state index in [0.29, 0.717) is 33.6 Å². The highest BCUT2D eigenvalue weighted by Crippen LogP contribution is 2.34. The molecule has 2 aromatic carbocycles. The zero-order valence-corrected chi connectivity index (χ0v) is 21.1. The largest absolute Gasteiger partial charge is 0.448 e. The Labute approximate surface area is 215 Å². The summed E-state index contributed by atoms with van der Waals surface area (Å²) in [4.78, 5) is 25.7. The van der Waals surface area contributed by atoms with Crippen molar-refractivity contribution < 1.29 is 14.3 Å². The van der Waals surface area contributed by atoms with E-state index in [1.807, 2.05) is 19.9 Å². The maximum absolute atomic E-state index is 12.9. The summed E-state index contributed by atoms with van der Waals surface area (Å²) in [6.07, 6.45) is 1.10. The van der Waals surface area contributed by atoms with Crippen molar-refractivity contribution in [3.8, 4) is 17.2 Å². The van der Waals surface area contributed by atoms with Crippen molar-refractivity contribution in [2.75, 3.05) is 25.0 Å². The molecule has 3 aromatic rings. The molecule has 35 heavy (non-hydrogen) atoms. The van der Waals surface area contributed by atoms with E-state index >= 15 is 0 Å². The number of benzene rings is 2. The summed E-state index contributed by atoms with van der Waals surface area (Å²) in [6, 6.07) is 12.5. The quantitative estimate of drug-likeness (QED) is 0.481. The topological polar surface area (TPSA) is 109 Å². The third kappa shape index (κ3) is 5.93. The molecule has 1 aliphatic heterocycles. The van der Waals surface area contributed by atoms with Crippen molar-refractivity contribution in [3.05, 3.63) is 47.0 Å². The highest BCUT2D eigenvalue weighted by atomic mass is 35.5. The molecule has 0 saturated carbocycles. The Balaban J connectivity index is 0.00000342. The number of hydrogen-bond acceptors (Lipinski definition) is 6. The SMILES string of the molecule is CC(C)COC(=O)n1nc(NC(=O)[C@@H]2CCCNC2)c2cc(-c3cc(C#N)ccc3Cl)ccc21.Cl. The number of ether oxygens (including phenoxy) is 1. The smallest absolute Gasteiger partial charge is 0.435 e. The lowest BCUT2D eigenvalue weighted by Gasteiger charge is -2.21. The predicted octanol–water partition coefficient (Wildman–Crippen LogP) is 5.23. The molecule has 8 nitrogen and oxygen atoms in total. The molecule has 0 radical (unpaired) electrons. The molecule has 1 saturated heterocycles. The summed E-state index contributed by atoms with van der Waals surface area (Å²) < 4.78 is 6.55. The minimum atomic E-state index is -0.615. The average Bonchev–Trinajstić information content (AvgIpc) is 3.21. The van der Waals surface area contributed by atoms with Gasteiger partial charge in [-0.3, -0.25) is 4.79 Å². The van der Waals surface area contributed by atoms with Gasteiger partial charge in [-0.2, -0.15) is 9.94 Å². The second-order valence-corrected chi connectivity index (χ2v) is 9.21. The second-order valence-electron chi connectivity index (χ2n) is 8.80. The van der Waals surface area contributed by atoms with Crippen molar-refractivity contribution >= 4 is 52.7 Å². The number of nitrogens with one attached hydrogen (secondary N) is 2. The van der Waals surface area contributed by atoms with Crippen molar-refractivity contribution in [2.45, 2.75) is 26.7 Å². The lowest BCUT2D eigenvalue weighted by Crippen LogP contribution is -2.37. The third-order valence-electron chi connectivity index (χ3n) is 5.71. The first kappa shape index (κ1) is 26.5. The maximum atomic E-state index is 12.9. The summed E-state index contributed by atoms with van der Waals surface area (Å²) in [6.45, 7) is 5.65. The molecule has 2 heterocycles. The molecule has 184 valence electrons. The van der Waals surface area contributed by atoms with E-state index in [2.05, 4.69) is 21.8 Å². The van der Waals surface area contributed by atoms with E-state index in [1.165, 1.54) is 4.68 Å². The van der Waals surface area contributed by atoms with Crippen LogP contribution in [-0.4, -0.2) is 41.5 Å². The Morgan fingerprint density at radius 1 is 1.31 bits per heavy atom. The Morgan fingerprint density at radius 2 is 2.11 bits per heavy atom. The van der Waals surface area contributed by atoms with Crippen LogP contribution in [0.2, 0.25) is 5.02 Å². The first-order chi connectivity index (χ1) is 16.4. The van der Waals surface area contributed by atoms with Gasteiger partial charge in [0.25, 0.3) is 0 Å². The van der Waals surface area contributed by atoms with Gasteiger partial charge in [-0.15, -0.1) is 17.5 Å². The molecule has 1 fully saturated rings. The molecule has 2 N–H and O–H groups in total. The van der Waals surface area contributed by atoms with E-state index in [-0.39, 0.29) is 42.6 Å². The summed E-state index contributed by atoms with van der Waals surface area (Å²) in [5, 5.41) is 20.9. The number of rotatable bonds is 5. The number of aromatic nitrogens is 2. The molecular formula is C25H27Cl2N5O3. The van der Waals surface area contributed by atoms with Crippen molar-refractivity contribution in [2.24, 2.45) is 11.8 Å². The maximum Gasteiger partial charge on any atom is 0.435 e. The fraction of sp³-hybridized carbons (Fsp3) is 0.360. The zero-order chi connectivity index (χ0) is 24.2. The molecule has 1 aliphatic rings. The molecule has 1 amide bonds. The van der Waals surface area contributed by atoms with Crippen LogP contribution in [0.25, 0.3) is 22.0 Å². The van der Waals surface area contributed by atoms with E-state index < -0.39 is 6.09 Å². The van der Waals surface area contributed by atoms with Crippen molar-refractivity contribution in [1.82, 2.24) is 15.1 Å². The van der Waals surface area contributed by atoms with Gasteiger partial charge in [0.15, 0.2) is 5.82 Å². The van der Waals surface area contributed by atoms with Crippen LogP contribution in [0.4, 0.5) is 10.6 Å². The lowest BCUT2D eigenvalue weighted by atomic mass is 9.98.